The van der Waals surface area contributed by atoms with Crippen LogP contribution in [0, 0.1) is 11.8 Å². The molecular weight excluding hydrogens is 196 g/mol. The molecule has 0 radical (unpaired) electrons. The summed E-state index contributed by atoms with van der Waals surface area (Å²) in [6.45, 7) is 4.82. The number of likely N-dealkylation sites (tertiary alicyclic amines) is 1. The van der Waals surface area contributed by atoms with Gasteiger partial charge < -0.3 is 10.8 Å². The van der Waals surface area contributed by atoms with Crippen LogP contribution in [0.5, 0.6) is 0 Å². The number of nitrogens with zero attached hydrogens (tertiary/aromatic N) is 1. The van der Waals surface area contributed by atoms with Gasteiger partial charge >= 0.3 is 5.97 Å². The normalized spacial score (nSPS) is 28.9. The summed E-state index contributed by atoms with van der Waals surface area (Å²) in [5, 5.41) is 9.05. The van der Waals surface area contributed by atoms with Crippen LogP contribution < -0.4 is 5.73 Å². The van der Waals surface area contributed by atoms with Crippen molar-refractivity contribution in [1.82, 2.24) is 4.90 Å². The number of hydrogen-bond acceptors (Lipinski definition) is 3. The van der Waals surface area contributed by atoms with Crippen LogP contribution in [0.25, 0.3) is 0 Å². The van der Waals surface area contributed by atoms with Crippen molar-refractivity contribution in [2.75, 3.05) is 13.1 Å². The third-order valence-corrected chi connectivity index (χ3v) is 3.05. The standard InChI is InChI=1S/C10H18N2O3/c1-6-3-4-12(8(6)10(14)15)5-7(2)9(11)13/h6-8H,3-5H2,1-2H3,(H2,11,13)(H,14,15). The highest BCUT2D eigenvalue weighted by Gasteiger charge is 2.37. The molecule has 0 bridgehead atoms. The lowest BCUT2D eigenvalue weighted by Crippen LogP contribution is -2.43. The van der Waals surface area contributed by atoms with Crippen LogP contribution >= 0.6 is 0 Å². The lowest BCUT2D eigenvalue weighted by Gasteiger charge is -2.24. The second-order valence-electron chi connectivity index (χ2n) is 4.35. The van der Waals surface area contributed by atoms with Crippen molar-refractivity contribution in [2.24, 2.45) is 17.6 Å². The molecule has 0 spiro atoms. The number of nitrogens with two attached hydrogens (primary N) is 1. The topological polar surface area (TPSA) is 83.6 Å². The van der Waals surface area contributed by atoms with E-state index in [-0.39, 0.29) is 17.7 Å². The zero-order valence-electron chi connectivity index (χ0n) is 9.14. The minimum absolute atomic E-state index is 0.141. The van der Waals surface area contributed by atoms with Gasteiger partial charge in [-0.05, 0) is 18.9 Å². The number of aliphatic carboxylic acids is 1. The minimum Gasteiger partial charge on any atom is -0.480 e. The monoisotopic (exact) mass is 214 g/mol. The molecule has 0 aromatic heterocycles. The lowest BCUT2D eigenvalue weighted by atomic mass is 10.0. The van der Waals surface area contributed by atoms with Gasteiger partial charge in [0.05, 0.1) is 0 Å². The molecule has 0 saturated carbocycles. The molecule has 15 heavy (non-hydrogen) atoms. The number of rotatable bonds is 4. The molecule has 3 N–H and O–H groups in total. The van der Waals surface area contributed by atoms with Gasteiger partial charge in [-0.25, -0.2) is 0 Å². The molecule has 1 amide bonds. The van der Waals surface area contributed by atoms with Crippen LogP contribution in [0.2, 0.25) is 0 Å². The first kappa shape index (κ1) is 12.0. The summed E-state index contributed by atoms with van der Waals surface area (Å²) < 4.78 is 0. The van der Waals surface area contributed by atoms with Crippen molar-refractivity contribution >= 4 is 11.9 Å². The van der Waals surface area contributed by atoms with E-state index in [0.717, 1.165) is 13.0 Å². The molecule has 1 aliphatic rings. The highest BCUT2D eigenvalue weighted by molar-refractivity contribution is 5.77. The summed E-state index contributed by atoms with van der Waals surface area (Å²) >= 11 is 0. The predicted octanol–water partition coefficient (Wildman–Crippen LogP) is -0.0972. The average Bonchev–Trinajstić information content (AvgIpc) is 2.46. The van der Waals surface area contributed by atoms with Crippen molar-refractivity contribution in [3.8, 4) is 0 Å². The van der Waals surface area contributed by atoms with Crippen LogP contribution in [0.1, 0.15) is 20.3 Å². The van der Waals surface area contributed by atoms with Crippen LogP contribution in [-0.2, 0) is 9.59 Å². The Balaban J connectivity index is 2.62. The number of carbonyl (C=O) groups is 2. The lowest BCUT2D eigenvalue weighted by molar-refractivity contribution is -0.144. The highest BCUT2D eigenvalue weighted by atomic mass is 16.4. The van der Waals surface area contributed by atoms with E-state index in [2.05, 4.69) is 0 Å². The maximum atomic E-state index is 11.0. The molecule has 1 saturated heterocycles. The quantitative estimate of drug-likeness (QED) is 0.684. The maximum absolute atomic E-state index is 11.0. The third kappa shape index (κ3) is 2.68. The number of carboxylic acids is 1. The van der Waals surface area contributed by atoms with Crippen molar-refractivity contribution in [1.29, 1.82) is 0 Å². The summed E-state index contributed by atoms with van der Waals surface area (Å²) in [6.07, 6.45) is 0.864. The van der Waals surface area contributed by atoms with Gasteiger partial charge in [-0.3, -0.25) is 14.5 Å². The van der Waals surface area contributed by atoms with Gasteiger partial charge in [0.1, 0.15) is 6.04 Å². The summed E-state index contributed by atoms with van der Waals surface area (Å²) in [4.78, 5) is 23.7. The Hall–Kier alpha value is -1.10. The zero-order valence-corrected chi connectivity index (χ0v) is 9.14. The molecule has 86 valence electrons. The molecule has 5 heteroatoms. The van der Waals surface area contributed by atoms with Gasteiger partial charge in [0.2, 0.25) is 5.91 Å². The summed E-state index contributed by atoms with van der Waals surface area (Å²) in [6, 6.07) is -0.466. The molecule has 5 nitrogen and oxygen atoms in total. The largest absolute Gasteiger partial charge is 0.480 e. The van der Waals surface area contributed by atoms with Crippen LogP contribution in [-0.4, -0.2) is 41.0 Å². The predicted molar refractivity (Wildman–Crippen MR) is 55.1 cm³/mol. The summed E-state index contributed by atoms with van der Waals surface area (Å²) in [5.74, 6) is -1.34. The number of carboxylic acid groups (broad SMARTS) is 1. The Morgan fingerprint density at radius 1 is 1.60 bits per heavy atom. The molecular formula is C10H18N2O3. The minimum atomic E-state index is -0.809. The fraction of sp³-hybridized carbons (Fsp3) is 0.800. The van der Waals surface area contributed by atoms with Crippen LogP contribution in [0.3, 0.4) is 0 Å². The Kier molecular flexibility index (Phi) is 3.68. The molecule has 3 unspecified atom stereocenters. The fourth-order valence-corrected chi connectivity index (χ4v) is 2.07. The molecule has 3 atom stereocenters. The van der Waals surface area contributed by atoms with Gasteiger partial charge in [0.15, 0.2) is 0 Å². The second kappa shape index (κ2) is 4.61. The molecule has 0 aromatic rings. The average molecular weight is 214 g/mol. The van der Waals surface area contributed by atoms with Crippen LogP contribution in [0.4, 0.5) is 0 Å². The summed E-state index contributed by atoms with van der Waals surface area (Å²) in [5.41, 5.74) is 5.16. The Morgan fingerprint density at radius 3 is 2.67 bits per heavy atom. The molecule has 0 aromatic carbocycles. The first-order valence-corrected chi connectivity index (χ1v) is 5.19. The zero-order chi connectivity index (χ0) is 11.6. The van der Waals surface area contributed by atoms with Gasteiger partial charge in [0, 0.05) is 12.5 Å². The Morgan fingerprint density at radius 2 is 2.20 bits per heavy atom. The van der Waals surface area contributed by atoms with Gasteiger partial charge in [-0.15, -0.1) is 0 Å². The smallest absolute Gasteiger partial charge is 0.321 e. The van der Waals surface area contributed by atoms with Crippen molar-refractivity contribution < 1.29 is 14.7 Å². The van der Waals surface area contributed by atoms with Crippen LogP contribution in [0.15, 0.2) is 0 Å². The van der Waals surface area contributed by atoms with E-state index in [1.165, 1.54) is 0 Å². The van der Waals surface area contributed by atoms with Crippen molar-refractivity contribution in [2.45, 2.75) is 26.3 Å². The molecule has 1 aliphatic heterocycles. The maximum Gasteiger partial charge on any atom is 0.321 e. The molecule has 0 aliphatic carbocycles. The van der Waals surface area contributed by atoms with E-state index in [9.17, 15) is 9.59 Å². The van der Waals surface area contributed by atoms with Gasteiger partial charge in [0.25, 0.3) is 0 Å². The fourth-order valence-electron chi connectivity index (χ4n) is 2.07. The first-order chi connectivity index (χ1) is 6.93. The Bertz CT molecular complexity index is 267. The highest BCUT2D eigenvalue weighted by Crippen LogP contribution is 2.24. The van der Waals surface area contributed by atoms with E-state index in [4.69, 9.17) is 10.8 Å². The van der Waals surface area contributed by atoms with E-state index in [1.807, 2.05) is 11.8 Å². The Labute approximate surface area is 89.2 Å². The number of primary amides is 1. The second-order valence-corrected chi connectivity index (χ2v) is 4.35. The molecule has 1 rings (SSSR count). The van der Waals surface area contributed by atoms with E-state index < -0.39 is 12.0 Å². The van der Waals surface area contributed by atoms with Gasteiger partial charge in [-0.1, -0.05) is 13.8 Å². The number of carbonyl (C=O) groups excluding carboxylic acids is 1. The van der Waals surface area contributed by atoms with E-state index in [0.29, 0.717) is 6.54 Å². The molecule has 1 heterocycles. The van der Waals surface area contributed by atoms with E-state index in [1.54, 1.807) is 6.92 Å². The van der Waals surface area contributed by atoms with Crippen molar-refractivity contribution in [3.05, 3.63) is 0 Å². The molecule has 1 fully saturated rings. The third-order valence-electron chi connectivity index (χ3n) is 3.05. The van der Waals surface area contributed by atoms with Gasteiger partial charge in [-0.2, -0.15) is 0 Å². The van der Waals surface area contributed by atoms with E-state index >= 15 is 0 Å². The summed E-state index contributed by atoms with van der Waals surface area (Å²) in [7, 11) is 0. The SMILES string of the molecule is CC(CN1CCC(C)C1C(=O)O)C(N)=O. The number of hydrogen-bond donors (Lipinski definition) is 2. The first-order valence-electron chi connectivity index (χ1n) is 5.19. The van der Waals surface area contributed by atoms with Crippen molar-refractivity contribution in [3.63, 3.8) is 0 Å². The number of amides is 1.